The second-order valence-electron chi connectivity index (χ2n) is 4.76. The Balaban J connectivity index is 2.41. The van der Waals surface area contributed by atoms with Gasteiger partial charge < -0.3 is 15.7 Å². The fraction of sp³-hybridized carbons (Fsp3) is 0.692. The molecule has 0 saturated carbocycles. The van der Waals surface area contributed by atoms with Gasteiger partial charge in [0.1, 0.15) is 0 Å². The molecule has 3 N–H and O–H groups in total. The minimum Gasteiger partial charge on any atom is -0.481 e. The molecule has 18 heavy (non-hydrogen) atoms. The molecule has 0 heterocycles. The van der Waals surface area contributed by atoms with Crippen LogP contribution in [-0.2, 0) is 4.79 Å². The molecule has 0 aliphatic heterocycles. The van der Waals surface area contributed by atoms with E-state index in [1.807, 2.05) is 26.0 Å². The molecule has 0 unspecified atom stereocenters. The molecular formula is C13H22N2O3. The molecule has 1 aliphatic carbocycles. The number of amides is 2. The lowest BCUT2D eigenvalue weighted by Gasteiger charge is -2.27. The highest BCUT2D eigenvalue weighted by atomic mass is 16.4. The van der Waals surface area contributed by atoms with Crippen LogP contribution in [0.5, 0.6) is 0 Å². The van der Waals surface area contributed by atoms with Gasteiger partial charge >= 0.3 is 12.0 Å². The van der Waals surface area contributed by atoms with Crippen LogP contribution >= 0.6 is 0 Å². The summed E-state index contributed by atoms with van der Waals surface area (Å²) in [7, 11) is 0. The van der Waals surface area contributed by atoms with Gasteiger partial charge in [0.25, 0.3) is 0 Å². The van der Waals surface area contributed by atoms with Crippen molar-refractivity contribution in [1.29, 1.82) is 0 Å². The normalized spacial score (nSPS) is 15.7. The summed E-state index contributed by atoms with van der Waals surface area (Å²) in [5.41, 5.74) is -0.856. The molecule has 5 heteroatoms. The van der Waals surface area contributed by atoms with Crippen molar-refractivity contribution in [2.45, 2.75) is 45.6 Å². The lowest BCUT2D eigenvalue weighted by atomic mass is 9.82. The number of nitrogens with one attached hydrogen (secondary N) is 2. The van der Waals surface area contributed by atoms with Gasteiger partial charge in [0, 0.05) is 12.6 Å². The molecule has 0 aromatic rings. The van der Waals surface area contributed by atoms with Gasteiger partial charge in [-0.05, 0) is 25.7 Å². The number of urea groups is 1. The van der Waals surface area contributed by atoms with Crippen molar-refractivity contribution >= 4 is 12.0 Å². The van der Waals surface area contributed by atoms with E-state index in [1.165, 1.54) is 0 Å². The van der Waals surface area contributed by atoms with Crippen LogP contribution in [0.4, 0.5) is 4.79 Å². The first-order chi connectivity index (χ1) is 8.54. The molecule has 2 amide bonds. The number of carboxylic acids is 1. The molecule has 0 aromatic heterocycles. The maximum atomic E-state index is 11.7. The van der Waals surface area contributed by atoms with Crippen molar-refractivity contribution < 1.29 is 14.7 Å². The molecule has 0 bridgehead atoms. The summed E-state index contributed by atoms with van der Waals surface area (Å²) in [6, 6.07) is -0.135. The van der Waals surface area contributed by atoms with E-state index in [9.17, 15) is 14.7 Å². The molecule has 0 atom stereocenters. The Morgan fingerprint density at radius 2 is 1.83 bits per heavy atom. The highest BCUT2D eigenvalue weighted by Crippen LogP contribution is 2.25. The Morgan fingerprint density at radius 3 is 2.28 bits per heavy atom. The van der Waals surface area contributed by atoms with Crippen LogP contribution in [0.1, 0.15) is 39.5 Å². The van der Waals surface area contributed by atoms with Gasteiger partial charge in [-0.25, -0.2) is 4.79 Å². The first-order valence-electron chi connectivity index (χ1n) is 6.47. The Labute approximate surface area is 108 Å². The lowest BCUT2D eigenvalue weighted by Crippen LogP contribution is -2.47. The zero-order valence-electron chi connectivity index (χ0n) is 11.0. The summed E-state index contributed by atoms with van der Waals surface area (Å²) in [5.74, 6) is -0.852. The predicted molar refractivity (Wildman–Crippen MR) is 69.3 cm³/mol. The maximum Gasteiger partial charge on any atom is 0.315 e. The fourth-order valence-corrected chi connectivity index (χ4v) is 2.10. The summed E-state index contributed by atoms with van der Waals surface area (Å²) in [6.07, 6.45) is 6.77. The zero-order chi connectivity index (χ0) is 13.6. The van der Waals surface area contributed by atoms with Gasteiger partial charge in [-0.15, -0.1) is 0 Å². The van der Waals surface area contributed by atoms with Gasteiger partial charge in [-0.2, -0.15) is 0 Å². The summed E-state index contributed by atoms with van der Waals surface area (Å²) < 4.78 is 0. The molecule has 0 fully saturated rings. The third-order valence-corrected chi connectivity index (χ3v) is 3.74. The smallest absolute Gasteiger partial charge is 0.315 e. The van der Waals surface area contributed by atoms with E-state index in [1.54, 1.807) is 0 Å². The second-order valence-corrected chi connectivity index (χ2v) is 4.76. The monoisotopic (exact) mass is 254 g/mol. The first-order valence-corrected chi connectivity index (χ1v) is 6.47. The molecule has 0 radical (unpaired) electrons. The lowest BCUT2D eigenvalue weighted by molar-refractivity contribution is -0.149. The van der Waals surface area contributed by atoms with Crippen LogP contribution in [0.3, 0.4) is 0 Å². The predicted octanol–water partition coefficient (Wildman–Crippen LogP) is 1.90. The molecule has 1 rings (SSSR count). The molecule has 1 aliphatic rings. The van der Waals surface area contributed by atoms with E-state index in [2.05, 4.69) is 10.6 Å². The van der Waals surface area contributed by atoms with Gasteiger partial charge in [0.05, 0.1) is 5.41 Å². The largest absolute Gasteiger partial charge is 0.481 e. The molecular weight excluding hydrogens is 232 g/mol. The van der Waals surface area contributed by atoms with Crippen LogP contribution in [-0.4, -0.2) is 29.7 Å². The molecule has 102 valence electrons. The Hall–Kier alpha value is -1.52. The molecule has 0 saturated heterocycles. The Bertz CT molecular complexity index is 327. The van der Waals surface area contributed by atoms with E-state index in [0.717, 1.165) is 12.8 Å². The number of carbonyl (C=O) groups is 2. The van der Waals surface area contributed by atoms with Crippen LogP contribution in [0.2, 0.25) is 0 Å². The van der Waals surface area contributed by atoms with E-state index in [4.69, 9.17) is 0 Å². The number of hydrogen-bond donors (Lipinski definition) is 3. The third kappa shape index (κ3) is 3.48. The molecule has 5 nitrogen and oxygen atoms in total. The van der Waals surface area contributed by atoms with Crippen molar-refractivity contribution in [1.82, 2.24) is 10.6 Å². The van der Waals surface area contributed by atoms with E-state index < -0.39 is 11.4 Å². The number of carbonyl (C=O) groups excluding carboxylic acids is 1. The van der Waals surface area contributed by atoms with E-state index in [-0.39, 0.29) is 18.6 Å². The van der Waals surface area contributed by atoms with Crippen LogP contribution in [0, 0.1) is 5.41 Å². The van der Waals surface area contributed by atoms with Crippen LogP contribution < -0.4 is 10.6 Å². The van der Waals surface area contributed by atoms with Gasteiger partial charge in [0.2, 0.25) is 0 Å². The third-order valence-electron chi connectivity index (χ3n) is 3.74. The average Bonchev–Trinajstić information content (AvgIpc) is 2.83. The SMILES string of the molecule is CCC(CC)(CNC(=O)NC1CC=CC1)C(=O)O. The summed E-state index contributed by atoms with van der Waals surface area (Å²) in [6.45, 7) is 3.83. The Morgan fingerprint density at radius 1 is 1.28 bits per heavy atom. The van der Waals surface area contributed by atoms with Crippen LogP contribution in [0.15, 0.2) is 12.2 Å². The summed E-state index contributed by atoms with van der Waals surface area (Å²) in [5, 5.41) is 14.7. The standard InChI is InChI=1S/C13H22N2O3/c1-3-13(4-2,11(16)17)9-14-12(18)15-10-7-5-6-8-10/h5-6,10H,3-4,7-9H2,1-2H3,(H,16,17)(H2,14,15,18). The number of hydrogen-bond acceptors (Lipinski definition) is 2. The minimum absolute atomic E-state index is 0.146. The quantitative estimate of drug-likeness (QED) is 0.633. The first kappa shape index (κ1) is 14.5. The molecule has 0 aromatic carbocycles. The fourth-order valence-electron chi connectivity index (χ4n) is 2.10. The van der Waals surface area contributed by atoms with Gasteiger partial charge in [0.15, 0.2) is 0 Å². The van der Waals surface area contributed by atoms with E-state index >= 15 is 0 Å². The average molecular weight is 254 g/mol. The van der Waals surface area contributed by atoms with Gasteiger partial charge in [-0.3, -0.25) is 4.79 Å². The highest BCUT2D eigenvalue weighted by Gasteiger charge is 2.35. The van der Waals surface area contributed by atoms with Crippen molar-refractivity contribution in [3.05, 3.63) is 12.2 Å². The summed E-state index contributed by atoms with van der Waals surface area (Å²) >= 11 is 0. The number of rotatable bonds is 6. The van der Waals surface area contributed by atoms with Gasteiger partial charge in [-0.1, -0.05) is 26.0 Å². The van der Waals surface area contributed by atoms with Crippen molar-refractivity contribution in [2.75, 3.05) is 6.54 Å². The number of carboxylic acid groups (broad SMARTS) is 1. The van der Waals surface area contributed by atoms with Crippen molar-refractivity contribution in [2.24, 2.45) is 5.41 Å². The topological polar surface area (TPSA) is 78.4 Å². The van der Waals surface area contributed by atoms with E-state index in [0.29, 0.717) is 12.8 Å². The Kier molecular flexibility index (Phi) is 5.19. The summed E-state index contributed by atoms with van der Waals surface area (Å²) in [4.78, 5) is 22.9. The van der Waals surface area contributed by atoms with Crippen molar-refractivity contribution in [3.63, 3.8) is 0 Å². The van der Waals surface area contributed by atoms with Crippen LogP contribution in [0.25, 0.3) is 0 Å². The zero-order valence-corrected chi connectivity index (χ0v) is 11.0. The molecule has 0 spiro atoms. The highest BCUT2D eigenvalue weighted by molar-refractivity contribution is 5.78. The number of aliphatic carboxylic acids is 1. The van der Waals surface area contributed by atoms with Crippen molar-refractivity contribution in [3.8, 4) is 0 Å². The second kappa shape index (κ2) is 6.42. The maximum absolute atomic E-state index is 11.7. The minimum atomic E-state index is -0.856.